The maximum atomic E-state index is 13.1. The van der Waals surface area contributed by atoms with Crippen molar-refractivity contribution in [3.05, 3.63) is 41.2 Å². The van der Waals surface area contributed by atoms with Crippen LogP contribution in [0.4, 0.5) is 14.5 Å². The van der Waals surface area contributed by atoms with Gasteiger partial charge in [-0.25, -0.2) is 17.2 Å². The van der Waals surface area contributed by atoms with Crippen LogP contribution < -0.4 is 10.5 Å². The lowest BCUT2D eigenvalue weighted by molar-refractivity contribution is 0.584. The monoisotopic (exact) mass is 302 g/mol. The number of hydrogen-bond acceptors (Lipinski definition) is 4. The largest absolute Gasteiger partial charge is 0.325 e. The number of rotatable bonds is 4. The zero-order valence-electron chi connectivity index (χ0n) is 10.4. The highest BCUT2D eigenvalue weighted by atomic mass is 32.2. The van der Waals surface area contributed by atoms with E-state index in [4.69, 9.17) is 5.73 Å². The molecule has 0 aliphatic carbocycles. The first kappa shape index (κ1) is 14.4. The molecular weight excluding hydrogens is 290 g/mol. The Hall–Kier alpha value is -2.00. The van der Waals surface area contributed by atoms with Crippen molar-refractivity contribution in [2.45, 2.75) is 18.4 Å². The molecule has 0 bridgehead atoms. The average molecular weight is 302 g/mol. The minimum atomic E-state index is -4.03. The van der Waals surface area contributed by atoms with Crippen LogP contribution in [0.15, 0.2) is 23.1 Å². The SMILES string of the molecule is Cc1[nH]nc(CN)c1S(=O)(=O)Nc1cc(F)cc(F)c1. The van der Waals surface area contributed by atoms with Gasteiger partial charge in [0, 0.05) is 12.6 Å². The van der Waals surface area contributed by atoms with Gasteiger partial charge in [0.15, 0.2) is 0 Å². The highest BCUT2D eigenvalue weighted by molar-refractivity contribution is 7.92. The van der Waals surface area contributed by atoms with E-state index in [1.165, 1.54) is 6.92 Å². The minimum absolute atomic E-state index is 0.0852. The number of anilines is 1. The van der Waals surface area contributed by atoms with Crippen LogP contribution in [0, 0.1) is 18.6 Å². The molecule has 9 heteroatoms. The number of aromatic nitrogens is 2. The lowest BCUT2D eigenvalue weighted by Crippen LogP contribution is -2.16. The number of sulfonamides is 1. The van der Waals surface area contributed by atoms with Gasteiger partial charge in [-0.05, 0) is 19.1 Å². The summed E-state index contributed by atoms with van der Waals surface area (Å²) in [7, 11) is -4.03. The fourth-order valence-corrected chi connectivity index (χ4v) is 3.20. The van der Waals surface area contributed by atoms with Crippen molar-refractivity contribution in [2.24, 2.45) is 5.73 Å². The maximum Gasteiger partial charge on any atom is 0.265 e. The zero-order valence-corrected chi connectivity index (χ0v) is 11.3. The van der Waals surface area contributed by atoms with E-state index < -0.39 is 21.7 Å². The lowest BCUT2D eigenvalue weighted by atomic mass is 10.3. The molecule has 0 amide bonds. The molecule has 0 fully saturated rings. The Balaban J connectivity index is 2.43. The Morgan fingerprint density at radius 2 is 1.90 bits per heavy atom. The molecule has 0 radical (unpaired) electrons. The Labute approximate surface area is 114 Å². The van der Waals surface area contributed by atoms with Crippen LogP contribution in [0.2, 0.25) is 0 Å². The molecule has 4 N–H and O–H groups in total. The van der Waals surface area contributed by atoms with Crippen LogP contribution in [0.25, 0.3) is 0 Å². The van der Waals surface area contributed by atoms with Crippen molar-refractivity contribution in [1.29, 1.82) is 0 Å². The first-order valence-corrected chi connectivity index (χ1v) is 7.04. The number of halogens is 2. The third-order valence-corrected chi connectivity index (χ3v) is 4.12. The Morgan fingerprint density at radius 1 is 1.30 bits per heavy atom. The maximum absolute atomic E-state index is 13.1. The molecule has 0 saturated carbocycles. The standard InChI is InChI=1S/C11H12F2N4O2S/c1-6-11(10(5-14)16-15-6)20(18,19)17-9-3-7(12)2-8(13)4-9/h2-4,17H,5,14H2,1H3,(H,15,16). The molecule has 0 unspecified atom stereocenters. The van der Waals surface area contributed by atoms with Gasteiger partial charge in [-0.2, -0.15) is 5.10 Å². The highest BCUT2D eigenvalue weighted by Gasteiger charge is 2.24. The Bertz CT molecular complexity index is 723. The van der Waals surface area contributed by atoms with Crippen molar-refractivity contribution >= 4 is 15.7 Å². The molecule has 0 saturated heterocycles. The van der Waals surface area contributed by atoms with Crippen molar-refractivity contribution in [3.63, 3.8) is 0 Å². The topological polar surface area (TPSA) is 101 Å². The van der Waals surface area contributed by atoms with Crippen LogP contribution >= 0.6 is 0 Å². The van der Waals surface area contributed by atoms with E-state index in [2.05, 4.69) is 14.9 Å². The van der Waals surface area contributed by atoms with Gasteiger partial charge in [-0.3, -0.25) is 9.82 Å². The van der Waals surface area contributed by atoms with E-state index in [-0.39, 0.29) is 28.5 Å². The van der Waals surface area contributed by atoms with Gasteiger partial charge in [-0.15, -0.1) is 0 Å². The number of aryl methyl sites for hydroxylation is 1. The van der Waals surface area contributed by atoms with Crippen LogP contribution in [-0.2, 0) is 16.6 Å². The number of nitrogens with zero attached hydrogens (tertiary/aromatic N) is 1. The summed E-state index contributed by atoms with van der Waals surface area (Å²) in [5.41, 5.74) is 5.62. The van der Waals surface area contributed by atoms with Gasteiger partial charge in [0.25, 0.3) is 10.0 Å². The molecule has 0 spiro atoms. The molecule has 1 aromatic carbocycles. The molecule has 2 rings (SSSR count). The molecule has 0 aliphatic heterocycles. The van der Waals surface area contributed by atoms with E-state index in [1.54, 1.807) is 0 Å². The number of benzene rings is 1. The third-order valence-electron chi connectivity index (χ3n) is 2.54. The summed E-state index contributed by atoms with van der Waals surface area (Å²) >= 11 is 0. The average Bonchev–Trinajstić information content (AvgIpc) is 2.69. The molecule has 0 atom stereocenters. The first-order chi connectivity index (χ1) is 9.33. The summed E-state index contributed by atoms with van der Waals surface area (Å²) in [5.74, 6) is -1.77. The van der Waals surface area contributed by atoms with Crippen LogP contribution in [0.1, 0.15) is 11.4 Å². The second-order valence-corrected chi connectivity index (χ2v) is 5.71. The van der Waals surface area contributed by atoms with E-state index in [9.17, 15) is 17.2 Å². The second-order valence-electron chi connectivity index (χ2n) is 4.09. The van der Waals surface area contributed by atoms with E-state index >= 15 is 0 Å². The van der Waals surface area contributed by atoms with Gasteiger partial charge in [-0.1, -0.05) is 0 Å². The molecule has 1 heterocycles. The van der Waals surface area contributed by atoms with E-state index in [0.29, 0.717) is 6.07 Å². The summed E-state index contributed by atoms with van der Waals surface area (Å²) in [6.45, 7) is 1.42. The van der Waals surface area contributed by atoms with Crippen molar-refractivity contribution < 1.29 is 17.2 Å². The number of nitrogens with one attached hydrogen (secondary N) is 2. The van der Waals surface area contributed by atoms with Crippen molar-refractivity contribution in [2.75, 3.05) is 4.72 Å². The normalized spacial score (nSPS) is 11.6. The van der Waals surface area contributed by atoms with Gasteiger partial charge in [0.1, 0.15) is 16.5 Å². The summed E-state index contributed by atoms with van der Waals surface area (Å²) in [5, 5.41) is 6.27. The number of nitrogens with two attached hydrogens (primary N) is 1. The molecule has 0 aliphatic rings. The number of H-pyrrole nitrogens is 1. The smallest absolute Gasteiger partial charge is 0.265 e. The van der Waals surface area contributed by atoms with Crippen LogP contribution in [-0.4, -0.2) is 18.6 Å². The van der Waals surface area contributed by atoms with Gasteiger partial charge >= 0.3 is 0 Å². The van der Waals surface area contributed by atoms with Crippen molar-refractivity contribution in [3.8, 4) is 0 Å². The quantitative estimate of drug-likeness (QED) is 0.791. The third kappa shape index (κ3) is 2.78. The van der Waals surface area contributed by atoms with E-state index in [0.717, 1.165) is 12.1 Å². The Morgan fingerprint density at radius 3 is 2.45 bits per heavy atom. The highest BCUT2D eigenvalue weighted by Crippen LogP contribution is 2.22. The summed E-state index contributed by atoms with van der Waals surface area (Å²) in [4.78, 5) is -0.121. The molecule has 108 valence electrons. The van der Waals surface area contributed by atoms with Gasteiger partial charge in [0.05, 0.1) is 17.1 Å². The minimum Gasteiger partial charge on any atom is -0.325 e. The van der Waals surface area contributed by atoms with Gasteiger partial charge < -0.3 is 5.73 Å². The predicted molar refractivity (Wildman–Crippen MR) is 68.4 cm³/mol. The lowest BCUT2D eigenvalue weighted by Gasteiger charge is -2.09. The fourth-order valence-electron chi connectivity index (χ4n) is 1.78. The summed E-state index contributed by atoms with van der Waals surface area (Å²) in [6.07, 6.45) is 0. The number of aromatic amines is 1. The molecule has 2 aromatic rings. The van der Waals surface area contributed by atoms with Gasteiger partial charge in [0.2, 0.25) is 0 Å². The van der Waals surface area contributed by atoms with E-state index in [1.807, 2.05) is 0 Å². The summed E-state index contributed by atoms with van der Waals surface area (Å²) in [6, 6.07) is 2.39. The predicted octanol–water partition coefficient (Wildman–Crippen LogP) is 1.26. The van der Waals surface area contributed by atoms with Crippen LogP contribution in [0.3, 0.4) is 0 Å². The summed E-state index contributed by atoms with van der Waals surface area (Å²) < 4.78 is 52.6. The second kappa shape index (κ2) is 5.17. The van der Waals surface area contributed by atoms with Crippen molar-refractivity contribution in [1.82, 2.24) is 10.2 Å². The molecule has 20 heavy (non-hydrogen) atoms. The fraction of sp³-hybridized carbons (Fsp3) is 0.182. The Kier molecular flexibility index (Phi) is 3.73. The molecular formula is C11H12F2N4O2S. The zero-order chi connectivity index (χ0) is 14.9. The number of hydrogen-bond donors (Lipinski definition) is 3. The van der Waals surface area contributed by atoms with Crippen LogP contribution in [0.5, 0.6) is 0 Å². The molecule has 1 aromatic heterocycles. The first-order valence-electron chi connectivity index (χ1n) is 5.56. The molecule has 6 nitrogen and oxygen atoms in total.